The first kappa shape index (κ1) is 19.3. The zero-order valence-electron chi connectivity index (χ0n) is 14.3. The molecule has 0 aromatic heterocycles. The van der Waals surface area contributed by atoms with Gasteiger partial charge in [-0.1, -0.05) is 27.7 Å². The Labute approximate surface area is 138 Å². The Morgan fingerprint density at radius 2 is 1.70 bits per heavy atom. The number of nitrogens with zero attached hydrogens (tertiary/aromatic N) is 1. The van der Waals surface area contributed by atoms with E-state index in [-0.39, 0.29) is 11.3 Å². The highest BCUT2D eigenvalue weighted by molar-refractivity contribution is 7.92. The minimum absolute atomic E-state index is 0.0972. The third kappa shape index (κ3) is 6.48. The topological polar surface area (TPSA) is 86.7 Å². The zero-order chi connectivity index (χ0) is 17.8. The molecule has 0 saturated carbocycles. The van der Waals surface area contributed by atoms with Gasteiger partial charge in [-0.05, 0) is 30.0 Å². The molecule has 6 nitrogen and oxygen atoms in total. The highest BCUT2D eigenvalue weighted by atomic mass is 32.2. The van der Waals surface area contributed by atoms with E-state index in [0.29, 0.717) is 17.5 Å². The van der Waals surface area contributed by atoms with Crippen molar-refractivity contribution in [3.05, 3.63) is 23.8 Å². The smallest absolute Gasteiger partial charge is 0.337 e. The van der Waals surface area contributed by atoms with E-state index in [2.05, 4.69) is 32.4 Å². The fourth-order valence-corrected chi connectivity index (χ4v) is 2.97. The molecule has 0 heterocycles. The Morgan fingerprint density at radius 1 is 1.17 bits per heavy atom. The lowest BCUT2D eigenvalue weighted by atomic mass is 10.1. The Morgan fingerprint density at radius 3 is 2.09 bits per heavy atom. The van der Waals surface area contributed by atoms with Crippen molar-refractivity contribution in [2.75, 3.05) is 29.0 Å². The largest absolute Gasteiger partial charge is 0.478 e. The predicted molar refractivity (Wildman–Crippen MR) is 93.8 cm³/mol. The molecule has 7 heteroatoms. The van der Waals surface area contributed by atoms with Gasteiger partial charge in [0.2, 0.25) is 10.0 Å². The monoisotopic (exact) mass is 342 g/mol. The van der Waals surface area contributed by atoms with Gasteiger partial charge in [-0.2, -0.15) is 0 Å². The molecule has 0 aliphatic rings. The number of hydrogen-bond donors (Lipinski definition) is 2. The molecule has 0 unspecified atom stereocenters. The molecule has 1 aromatic rings. The highest BCUT2D eigenvalue weighted by Gasteiger charge is 2.19. The molecule has 0 saturated heterocycles. The van der Waals surface area contributed by atoms with Crippen LogP contribution in [0.5, 0.6) is 0 Å². The summed E-state index contributed by atoms with van der Waals surface area (Å²) >= 11 is 0. The maximum Gasteiger partial charge on any atom is 0.337 e. The second kappa shape index (κ2) is 7.68. The average Bonchev–Trinajstić information content (AvgIpc) is 2.34. The number of sulfonamides is 1. The van der Waals surface area contributed by atoms with E-state index in [1.807, 2.05) is 4.90 Å². The molecule has 0 bridgehead atoms. The van der Waals surface area contributed by atoms with Crippen LogP contribution in [0.25, 0.3) is 0 Å². The van der Waals surface area contributed by atoms with Gasteiger partial charge in [0.15, 0.2) is 0 Å². The normalized spacial score (nSPS) is 11.8. The molecular formula is C16H26N2O4S. The van der Waals surface area contributed by atoms with Gasteiger partial charge < -0.3 is 10.0 Å². The molecule has 0 atom stereocenters. The van der Waals surface area contributed by atoms with Crippen LogP contribution in [0.15, 0.2) is 18.2 Å². The van der Waals surface area contributed by atoms with Gasteiger partial charge >= 0.3 is 5.97 Å². The van der Waals surface area contributed by atoms with Crippen molar-refractivity contribution in [2.24, 2.45) is 11.8 Å². The number of carboxylic acid groups (broad SMARTS) is 1. The quantitative estimate of drug-likeness (QED) is 0.758. The number of hydrogen-bond acceptors (Lipinski definition) is 4. The van der Waals surface area contributed by atoms with Crippen LogP contribution in [0.2, 0.25) is 0 Å². The van der Waals surface area contributed by atoms with Gasteiger partial charge in [-0.15, -0.1) is 0 Å². The summed E-state index contributed by atoms with van der Waals surface area (Å²) in [5.41, 5.74) is 0.960. The summed E-state index contributed by atoms with van der Waals surface area (Å²) in [6.07, 6.45) is 1.03. The number of benzene rings is 1. The van der Waals surface area contributed by atoms with Gasteiger partial charge in [-0.3, -0.25) is 4.72 Å². The number of nitrogens with one attached hydrogen (secondary N) is 1. The van der Waals surface area contributed by atoms with Crippen molar-refractivity contribution >= 4 is 27.4 Å². The van der Waals surface area contributed by atoms with Gasteiger partial charge in [0, 0.05) is 18.8 Å². The van der Waals surface area contributed by atoms with E-state index in [1.165, 1.54) is 6.07 Å². The molecule has 0 spiro atoms. The van der Waals surface area contributed by atoms with Crippen LogP contribution in [-0.2, 0) is 10.0 Å². The Bertz CT molecular complexity index is 644. The van der Waals surface area contributed by atoms with Gasteiger partial charge in [0.05, 0.1) is 17.5 Å². The Balaban J connectivity index is 3.28. The van der Waals surface area contributed by atoms with E-state index in [1.54, 1.807) is 12.1 Å². The highest BCUT2D eigenvalue weighted by Crippen LogP contribution is 2.26. The summed E-state index contributed by atoms with van der Waals surface area (Å²) in [6.45, 7) is 9.77. The van der Waals surface area contributed by atoms with Crippen LogP contribution in [-0.4, -0.2) is 38.8 Å². The Hall–Kier alpha value is -1.76. The SMILES string of the molecule is CC(C)CN(CC(C)C)c1ccc(NS(C)(=O)=O)cc1C(=O)O. The van der Waals surface area contributed by atoms with Crippen LogP contribution >= 0.6 is 0 Å². The minimum atomic E-state index is -3.45. The first-order valence-corrected chi connectivity index (χ1v) is 9.48. The molecule has 130 valence electrons. The lowest BCUT2D eigenvalue weighted by Crippen LogP contribution is -2.32. The van der Waals surface area contributed by atoms with Gasteiger partial charge in [0.25, 0.3) is 0 Å². The summed E-state index contributed by atoms with van der Waals surface area (Å²) in [4.78, 5) is 13.7. The average molecular weight is 342 g/mol. The number of rotatable bonds is 8. The zero-order valence-corrected chi connectivity index (χ0v) is 15.1. The third-order valence-corrected chi connectivity index (χ3v) is 3.65. The van der Waals surface area contributed by atoms with Gasteiger partial charge in [0.1, 0.15) is 0 Å². The molecule has 1 rings (SSSR count). The summed E-state index contributed by atoms with van der Waals surface area (Å²) in [5, 5.41) is 9.50. The van der Waals surface area contributed by atoms with Crippen molar-refractivity contribution in [2.45, 2.75) is 27.7 Å². The third-order valence-electron chi connectivity index (χ3n) is 3.04. The Kier molecular flexibility index (Phi) is 6.44. The fraction of sp³-hybridized carbons (Fsp3) is 0.562. The van der Waals surface area contributed by atoms with Crippen LogP contribution in [0.4, 0.5) is 11.4 Å². The van der Waals surface area contributed by atoms with E-state index in [0.717, 1.165) is 19.3 Å². The van der Waals surface area contributed by atoms with Crippen LogP contribution in [0.3, 0.4) is 0 Å². The summed E-state index contributed by atoms with van der Waals surface area (Å²) < 4.78 is 25.0. The molecule has 0 radical (unpaired) electrons. The maximum atomic E-state index is 11.6. The van der Waals surface area contributed by atoms with E-state index in [9.17, 15) is 18.3 Å². The second-order valence-electron chi connectivity index (χ2n) is 6.60. The molecule has 23 heavy (non-hydrogen) atoms. The summed E-state index contributed by atoms with van der Waals surface area (Å²) in [6, 6.07) is 4.63. The fourth-order valence-electron chi connectivity index (χ4n) is 2.41. The van der Waals surface area contributed by atoms with Crippen LogP contribution < -0.4 is 9.62 Å². The van der Waals surface area contributed by atoms with Crippen LogP contribution in [0, 0.1) is 11.8 Å². The predicted octanol–water partition coefficient (Wildman–Crippen LogP) is 2.87. The molecule has 0 amide bonds. The number of carbonyl (C=O) groups is 1. The number of carboxylic acids is 1. The maximum absolute atomic E-state index is 11.6. The first-order chi connectivity index (χ1) is 10.5. The molecule has 0 aliphatic carbocycles. The molecule has 0 fully saturated rings. The number of aromatic carboxylic acids is 1. The molecule has 2 N–H and O–H groups in total. The van der Waals surface area contributed by atoms with Crippen molar-refractivity contribution in [1.82, 2.24) is 0 Å². The minimum Gasteiger partial charge on any atom is -0.478 e. The van der Waals surface area contributed by atoms with Crippen molar-refractivity contribution in [1.29, 1.82) is 0 Å². The lowest BCUT2D eigenvalue weighted by Gasteiger charge is -2.30. The lowest BCUT2D eigenvalue weighted by molar-refractivity contribution is 0.0697. The molecular weight excluding hydrogens is 316 g/mol. The number of anilines is 2. The van der Waals surface area contributed by atoms with Crippen molar-refractivity contribution in [3.63, 3.8) is 0 Å². The van der Waals surface area contributed by atoms with E-state index < -0.39 is 16.0 Å². The van der Waals surface area contributed by atoms with Crippen molar-refractivity contribution in [3.8, 4) is 0 Å². The second-order valence-corrected chi connectivity index (χ2v) is 8.35. The molecule has 1 aromatic carbocycles. The summed E-state index contributed by atoms with van der Waals surface area (Å²) in [5.74, 6) is -0.317. The van der Waals surface area contributed by atoms with Crippen molar-refractivity contribution < 1.29 is 18.3 Å². The first-order valence-electron chi connectivity index (χ1n) is 7.59. The standard InChI is InChI=1S/C16H26N2O4S/c1-11(2)9-18(10-12(3)4)15-7-6-13(17-23(5,21)22)8-14(15)16(19)20/h6-8,11-12,17H,9-10H2,1-5H3,(H,19,20). The van der Waals surface area contributed by atoms with E-state index >= 15 is 0 Å². The van der Waals surface area contributed by atoms with Crippen LogP contribution in [0.1, 0.15) is 38.1 Å². The summed E-state index contributed by atoms with van der Waals surface area (Å²) in [7, 11) is -3.45. The van der Waals surface area contributed by atoms with E-state index in [4.69, 9.17) is 0 Å². The van der Waals surface area contributed by atoms with Gasteiger partial charge in [-0.25, -0.2) is 13.2 Å². The molecule has 0 aliphatic heterocycles.